The summed E-state index contributed by atoms with van der Waals surface area (Å²) < 4.78 is 58.3. The molecular formula is C29H34ClF4N9O2. The van der Waals surface area contributed by atoms with Crippen LogP contribution < -0.4 is 15.5 Å². The predicted octanol–water partition coefficient (Wildman–Crippen LogP) is 4.08. The lowest BCUT2D eigenvalue weighted by molar-refractivity contribution is -0.138. The third-order valence-electron chi connectivity index (χ3n) is 8.46. The molecule has 45 heavy (non-hydrogen) atoms. The number of piperazine rings is 1. The summed E-state index contributed by atoms with van der Waals surface area (Å²) in [5.41, 5.74) is -1.91. The Morgan fingerprint density at radius 2 is 1.67 bits per heavy atom. The van der Waals surface area contributed by atoms with Crippen LogP contribution in [0, 0.1) is 5.82 Å². The highest BCUT2D eigenvalue weighted by Crippen LogP contribution is 2.36. The zero-order valence-electron chi connectivity index (χ0n) is 25.2. The molecule has 4 heterocycles. The van der Waals surface area contributed by atoms with Crippen LogP contribution in [0.15, 0.2) is 30.6 Å². The molecule has 2 atom stereocenters. The van der Waals surface area contributed by atoms with Crippen LogP contribution in [0.1, 0.15) is 53.1 Å². The molecule has 0 bridgehead atoms. The lowest BCUT2D eigenvalue weighted by Crippen LogP contribution is -2.55. The third-order valence-corrected chi connectivity index (χ3v) is 8.67. The first-order chi connectivity index (χ1) is 21.2. The van der Waals surface area contributed by atoms with E-state index in [1.165, 1.54) is 18.3 Å². The highest BCUT2D eigenvalue weighted by molar-refractivity contribution is 6.29. The summed E-state index contributed by atoms with van der Waals surface area (Å²) >= 11 is 5.70. The number of pyridine rings is 1. The Labute approximate surface area is 262 Å². The minimum atomic E-state index is -4.89. The topological polar surface area (TPSA) is 112 Å². The molecule has 2 amide bonds. The number of aromatic nitrogens is 4. The molecule has 242 valence electrons. The normalized spacial score (nSPS) is 20.3. The quantitative estimate of drug-likeness (QED) is 0.303. The highest BCUT2D eigenvalue weighted by Gasteiger charge is 2.37. The molecule has 0 radical (unpaired) electrons. The summed E-state index contributed by atoms with van der Waals surface area (Å²) in [5.74, 6) is -2.31. The van der Waals surface area contributed by atoms with E-state index in [0.717, 1.165) is 36.8 Å². The van der Waals surface area contributed by atoms with E-state index in [0.29, 0.717) is 19.2 Å². The number of rotatable bonds is 6. The van der Waals surface area contributed by atoms with E-state index < -0.39 is 40.1 Å². The molecule has 2 aromatic heterocycles. The van der Waals surface area contributed by atoms with Crippen molar-refractivity contribution in [1.29, 1.82) is 0 Å². The van der Waals surface area contributed by atoms with Gasteiger partial charge in [0.15, 0.2) is 11.5 Å². The molecule has 2 saturated heterocycles. The van der Waals surface area contributed by atoms with Gasteiger partial charge in [-0.15, -0.1) is 5.10 Å². The van der Waals surface area contributed by atoms with Crippen LogP contribution in [0.4, 0.5) is 28.9 Å². The average Bonchev–Trinajstić information content (AvgIpc) is 3.47. The van der Waals surface area contributed by atoms with Gasteiger partial charge in [0, 0.05) is 43.5 Å². The van der Waals surface area contributed by atoms with Crippen molar-refractivity contribution in [2.75, 3.05) is 50.5 Å². The summed E-state index contributed by atoms with van der Waals surface area (Å²) in [7, 11) is 3.98. The average molecular weight is 652 g/mol. The summed E-state index contributed by atoms with van der Waals surface area (Å²) in [4.78, 5) is 36.1. The van der Waals surface area contributed by atoms with Gasteiger partial charge < -0.3 is 20.4 Å². The molecule has 2 fully saturated rings. The van der Waals surface area contributed by atoms with Gasteiger partial charge >= 0.3 is 6.18 Å². The van der Waals surface area contributed by atoms with Gasteiger partial charge in [0.2, 0.25) is 0 Å². The first-order valence-corrected chi connectivity index (χ1v) is 14.9. The number of carbonyl (C=O) groups excluding carboxylic acids is 2. The van der Waals surface area contributed by atoms with Gasteiger partial charge in [0.05, 0.1) is 28.7 Å². The zero-order valence-corrected chi connectivity index (χ0v) is 26.0. The number of hydrogen-bond donors (Lipinski definition) is 2. The van der Waals surface area contributed by atoms with Crippen LogP contribution >= 0.6 is 11.6 Å². The minimum Gasteiger partial charge on any atom is -0.367 e. The summed E-state index contributed by atoms with van der Waals surface area (Å²) in [6.07, 6.45) is -1.32. The van der Waals surface area contributed by atoms with Crippen LogP contribution in [0.3, 0.4) is 0 Å². The monoisotopic (exact) mass is 651 g/mol. The lowest BCUT2D eigenvalue weighted by Gasteiger charge is -2.44. The minimum absolute atomic E-state index is 0.0333. The molecule has 2 aliphatic heterocycles. The number of amides is 2. The van der Waals surface area contributed by atoms with Crippen LogP contribution in [-0.2, 0) is 6.18 Å². The zero-order chi connectivity index (χ0) is 32.6. The van der Waals surface area contributed by atoms with Gasteiger partial charge in [0.25, 0.3) is 11.8 Å². The molecule has 2 N–H and O–H groups in total. The van der Waals surface area contributed by atoms with Gasteiger partial charge in [-0.2, -0.15) is 13.2 Å². The summed E-state index contributed by atoms with van der Waals surface area (Å²) in [5, 5.41) is 12.9. The molecule has 2 aliphatic rings. The van der Waals surface area contributed by atoms with E-state index in [2.05, 4.69) is 35.7 Å². The number of likely N-dealkylation sites (N-methyl/N-ethyl adjacent to an activating group) is 1. The number of nitrogens with one attached hydrogen (secondary N) is 2. The van der Waals surface area contributed by atoms with E-state index in [9.17, 15) is 22.8 Å². The van der Waals surface area contributed by atoms with Crippen molar-refractivity contribution in [2.45, 2.75) is 51.0 Å². The number of alkyl halides is 3. The number of anilines is 2. The van der Waals surface area contributed by atoms with Crippen molar-refractivity contribution < 1.29 is 27.2 Å². The molecule has 0 aliphatic carbocycles. The van der Waals surface area contributed by atoms with Crippen molar-refractivity contribution in [3.05, 3.63) is 58.4 Å². The van der Waals surface area contributed by atoms with E-state index in [1.54, 1.807) is 0 Å². The van der Waals surface area contributed by atoms with Crippen LogP contribution in [0.2, 0.25) is 5.15 Å². The molecule has 0 spiro atoms. The Hall–Kier alpha value is -3.82. The van der Waals surface area contributed by atoms with Crippen molar-refractivity contribution in [3.63, 3.8) is 0 Å². The van der Waals surface area contributed by atoms with Crippen LogP contribution in [0.5, 0.6) is 0 Å². The number of likely N-dealkylation sites (tertiary alicyclic amines) is 1. The first-order valence-electron chi connectivity index (χ1n) is 14.5. The van der Waals surface area contributed by atoms with Crippen molar-refractivity contribution in [3.8, 4) is 5.69 Å². The summed E-state index contributed by atoms with van der Waals surface area (Å²) in [6, 6.07) is 3.11. The number of nitrogens with zero attached hydrogens (tertiary/aromatic N) is 7. The molecule has 1 aromatic carbocycles. The second-order valence-corrected chi connectivity index (χ2v) is 12.1. The molecule has 0 saturated carbocycles. The number of halogens is 5. The molecule has 0 unspecified atom stereocenters. The van der Waals surface area contributed by atoms with E-state index in [1.807, 2.05) is 32.8 Å². The third kappa shape index (κ3) is 7.20. The maximum Gasteiger partial charge on any atom is 0.417 e. The number of benzene rings is 1. The van der Waals surface area contributed by atoms with Crippen LogP contribution in [-0.4, -0.2) is 100.0 Å². The SMILES string of the molecule is C[C@@H]1CN(c2cc(F)c(-n3cc(C(=O)NC4CCN(C)CC4)nn3)cc2NC(=O)c2cnc(Cl)cc2C(F)(F)F)C[C@H](C)N1C. The van der Waals surface area contributed by atoms with Gasteiger partial charge in [-0.3, -0.25) is 14.5 Å². The molecule has 5 rings (SSSR count). The van der Waals surface area contributed by atoms with E-state index in [-0.39, 0.29) is 40.9 Å². The molecule has 11 nitrogen and oxygen atoms in total. The van der Waals surface area contributed by atoms with Gasteiger partial charge in [-0.25, -0.2) is 14.1 Å². The second-order valence-electron chi connectivity index (χ2n) is 11.7. The Bertz CT molecular complexity index is 1560. The predicted molar refractivity (Wildman–Crippen MR) is 160 cm³/mol. The fourth-order valence-corrected chi connectivity index (χ4v) is 5.78. The van der Waals surface area contributed by atoms with Crippen molar-refractivity contribution in [2.24, 2.45) is 0 Å². The number of hydrogen-bond acceptors (Lipinski definition) is 8. The van der Waals surface area contributed by atoms with Gasteiger partial charge in [-0.05, 0) is 66.0 Å². The van der Waals surface area contributed by atoms with E-state index in [4.69, 9.17) is 11.6 Å². The van der Waals surface area contributed by atoms with Gasteiger partial charge in [-0.1, -0.05) is 16.8 Å². The Balaban J connectivity index is 1.49. The molecular weight excluding hydrogens is 618 g/mol. The fourth-order valence-electron chi connectivity index (χ4n) is 5.62. The Kier molecular flexibility index (Phi) is 9.33. The number of carbonyl (C=O) groups is 2. The molecule has 3 aromatic rings. The summed E-state index contributed by atoms with van der Waals surface area (Å²) in [6.45, 7) is 6.59. The smallest absolute Gasteiger partial charge is 0.367 e. The lowest BCUT2D eigenvalue weighted by atomic mass is 10.1. The van der Waals surface area contributed by atoms with Crippen LogP contribution in [0.25, 0.3) is 5.69 Å². The van der Waals surface area contributed by atoms with Gasteiger partial charge in [0.1, 0.15) is 10.8 Å². The number of piperidine rings is 1. The Morgan fingerprint density at radius 3 is 2.31 bits per heavy atom. The second kappa shape index (κ2) is 12.9. The van der Waals surface area contributed by atoms with E-state index >= 15 is 4.39 Å². The maximum atomic E-state index is 15.8. The Morgan fingerprint density at radius 1 is 1.00 bits per heavy atom. The standard InChI is InChI=1S/C29H34ClF4N9O2/c1-16-13-42(14-17(2)41(16)4)25-10-21(31)24(43-15-23(38-39-43)28(45)36-18-5-7-40(3)8-6-18)11-22(25)37-27(44)19-12-35-26(30)9-20(19)29(32,33)34/h9-12,15-18H,5-8,13-14H2,1-4H3,(H,36,45)(H,37,44)/t16-,17+. The van der Waals surface area contributed by atoms with Crippen molar-refractivity contribution in [1.82, 2.24) is 35.1 Å². The maximum absolute atomic E-state index is 15.8. The largest absolute Gasteiger partial charge is 0.417 e. The first kappa shape index (κ1) is 32.6. The fraction of sp³-hybridized carbons (Fsp3) is 0.483. The van der Waals surface area contributed by atoms with Crippen molar-refractivity contribution >= 4 is 34.8 Å². The molecule has 16 heteroatoms. The highest BCUT2D eigenvalue weighted by atomic mass is 35.5.